The number of carboxylic acid groups (broad SMARTS) is 1. The number of nitrogens with one attached hydrogen (secondary N) is 1. The van der Waals surface area contributed by atoms with Crippen LogP contribution in [0.25, 0.3) is 0 Å². The molecular formula is C14H20FNO4S. The van der Waals surface area contributed by atoms with Gasteiger partial charge in [0.05, 0.1) is 5.75 Å². The number of aryl methyl sites for hydroxylation is 1. The number of hydrogen-bond donors (Lipinski definition) is 2. The Labute approximate surface area is 124 Å². The summed E-state index contributed by atoms with van der Waals surface area (Å²) in [6, 6.07) is 4.36. The summed E-state index contributed by atoms with van der Waals surface area (Å²) in [5.41, 5.74) is -0.108. The van der Waals surface area contributed by atoms with Gasteiger partial charge in [0.15, 0.2) is 0 Å². The van der Waals surface area contributed by atoms with Gasteiger partial charge in [-0.15, -0.1) is 0 Å². The average molecular weight is 317 g/mol. The van der Waals surface area contributed by atoms with Crippen LogP contribution in [-0.2, 0) is 20.6 Å². The van der Waals surface area contributed by atoms with Gasteiger partial charge < -0.3 is 5.11 Å². The lowest BCUT2D eigenvalue weighted by Crippen LogP contribution is -2.44. The first-order chi connectivity index (χ1) is 9.51. The van der Waals surface area contributed by atoms with Gasteiger partial charge in [0, 0.05) is 17.5 Å². The van der Waals surface area contributed by atoms with Gasteiger partial charge in [-0.1, -0.05) is 12.1 Å². The number of benzene rings is 1. The SMILES string of the molecule is Cc1ccc(CS(=O)(=O)NC(C)(C)CCC(=O)O)c(F)c1. The quantitative estimate of drug-likeness (QED) is 0.807. The standard InChI is InChI=1S/C14H20FNO4S/c1-10-4-5-11(12(15)8-10)9-21(19,20)16-14(2,3)7-6-13(17)18/h4-5,8,16H,6-7,9H2,1-3H3,(H,17,18). The minimum Gasteiger partial charge on any atom is -0.481 e. The van der Waals surface area contributed by atoms with Gasteiger partial charge in [-0.3, -0.25) is 4.79 Å². The summed E-state index contributed by atoms with van der Waals surface area (Å²) < 4.78 is 40.3. The van der Waals surface area contributed by atoms with E-state index in [2.05, 4.69) is 4.72 Å². The zero-order valence-corrected chi connectivity index (χ0v) is 13.1. The third-order valence-corrected chi connectivity index (χ3v) is 4.50. The molecule has 0 aliphatic carbocycles. The molecule has 21 heavy (non-hydrogen) atoms. The Kier molecular flexibility index (Phi) is 5.47. The molecule has 0 amide bonds. The molecule has 118 valence electrons. The normalized spacial score (nSPS) is 12.4. The van der Waals surface area contributed by atoms with Gasteiger partial charge in [-0.25, -0.2) is 17.5 Å². The molecular weight excluding hydrogens is 297 g/mol. The molecule has 0 saturated heterocycles. The van der Waals surface area contributed by atoms with Gasteiger partial charge in [0.25, 0.3) is 0 Å². The summed E-state index contributed by atoms with van der Waals surface area (Å²) in [6.45, 7) is 4.91. The van der Waals surface area contributed by atoms with Crippen LogP contribution in [0.5, 0.6) is 0 Å². The van der Waals surface area contributed by atoms with Crippen LogP contribution in [0.3, 0.4) is 0 Å². The fourth-order valence-electron chi connectivity index (χ4n) is 1.90. The van der Waals surface area contributed by atoms with Crippen molar-refractivity contribution in [1.82, 2.24) is 4.72 Å². The molecule has 0 bridgehead atoms. The molecule has 7 heteroatoms. The van der Waals surface area contributed by atoms with Crippen LogP contribution in [0.4, 0.5) is 4.39 Å². The average Bonchev–Trinajstić information content (AvgIpc) is 2.29. The van der Waals surface area contributed by atoms with Crippen LogP contribution in [0.15, 0.2) is 18.2 Å². The van der Waals surface area contributed by atoms with Gasteiger partial charge >= 0.3 is 5.97 Å². The number of hydrogen-bond acceptors (Lipinski definition) is 3. The van der Waals surface area contributed by atoms with Gasteiger partial charge in [0.1, 0.15) is 5.82 Å². The van der Waals surface area contributed by atoms with Crippen LogP contribution >= 0.6 is 0 Å². The maximum absolute atomic E-state index is 13.7. The van der Waals surface area contributed by atoms with Crippen molar-refractivity contribution < 1.29 is 22.7 Å². The summed E-state index contributed by atoms with van der Waals surface area (Å²) in [7, 11) is -3.76. The van der Waals surface area contributed by atoms with E-state index >= 15 is 0 Å². The van der Waals surface area contributed by atoms with Gasteiger partial charge in [-0.05, 0) is 38.8 Å². The van der Waals surface area contributed by atoms with E-state index in [9.17, 15) is 17.6 Å². The highest BCUT2D eigenvalue weighted by Crippen LogP contribution is 2.17. The minimum atomic E-state index is -3.76. The Balaban J connectivity index is 2.79. The first-order valence-electron chi connectivity index (χ1n) is 6.49. The van der Waals surface area contributed by atoms with E-state index in [-0.39, 0.29) is 18.4 Å². The van der Waals surface area contributed by atoms with Crippen LogP contribution in [0.1, 0.15) is 37.8 Å². The molecule has 0 spiro atoms. The van der Waals surface area contributed by atoms with E-state index in [0.717, 1.165) is 0 Å². The topological polar surface area (TPSA) is 83.5 Å². The third-order valence-electron chi connectivity index (χ3n) is 2.95. The van der Waals surface area contributed by atoms with Crippen molar-refractivity contribution in [3.8, 4) is 0 Å². The Hall–Kier alpha value is -1.47. The lowest BCUT2D eigenvalue weighted by atomic mass is 10.0. The van der Waals surface area contributed by atoms with Crippen molar-refractivity contribution in [3.05, 3.63) is 35.1 Å². The Morgan fingerprint density at radius 1 is 1.38 bits per heavy atom. The van der Waals surface area contributed by atoms with Crippen LogP contribution in [0.2, 0.25) is 0 Å². The predicted molar refractivity (Wildman–Crippen MR) is 77.8 cm³/mol. The molecule has 1 aromatic rings. The lowest BCUT2D eigenvalue weighted by Gasteiger charge is -2.25. The van der Waals surface area contributed by atoms with Crippen LogP contribution in [0, 0.1) is 12.7 Å². The van der Waals surface area contributed by atoms with E-state index in [4.69, 9.17) is 5.11 Å². The summed E-state index contributed by atoms with van der Waals surface area (Å²) in [4.78, 5) is 10.6. The van der Waals surface area contributed by atoms with E-state index in [0.29, 0.717) is 5.56 Å². The van der Waals surface area contributed by atoms with Crippen molar-refractivity contribution in [1.29, 1.82) is 0 Å². The van der Waals surface area contributed by atoms with Crippen molar-refractivity contribution >= 4 is 16.0 Å². The number of carboxylic acids is 1. The molecule has 0 heterocycles. The number of sulfonamides is 1. The molecule has 0 unspecified atom stereocenters. The van der Waals surface area contributed by atoms with Crippen molar-refractivity contribution in [3.63, 3.8) is 0 Å². The van der Waals surface area contributed by atoms with Crippen LogP contribution in [-0.4, -0.2) is 25.0 Å². The molecule has 0 aliphatic heterocycles. The zero-order valence-electron chi connectivity index (χ0n) is 12.3. The third kappa shape index (κ3) is 6.22. The van der Waals surface area contributed by atoms with Crippen molar-refractivity contribution in [2.75, 3.05) is 0 Å². The fourth-order valence-corrected chi connectivity index (χ4v) is 3.56. The number of aliphatic carboxylic acids is 1. The van der Waals surface area contributed by atoms with E-state index in [1.165, 1.54) is 12.1 Å². The molecule has 5 nitrogen and oxygen atoms in total. The zero-order chi connectivity index (χ0) is 16.3. The summed E-state index contributed by atoms with van der Waals surface area (Å²) in [5.74, 6) is -2.04. The second kappa shape index (κ2) is 6.53. The van der Waals surface area contributed by atoms with Crippen molar-refractivity contribution in [2.45, 2.75) is 44.9 Å². The van der Waals surface area contributed by atoms with Crippen LogP contribution < -0.4 is 4.72 Å². The summed E-state index contributed by atoms with van der Waals surface area (Å²) >= 11 is 0. The van der Waals surface area contributed by atoms with Gasteiger partial charge in [0.2, 0.25) is 10.0 Å². The first-order valence-corrected chi connectivity index (χ1v) is 8.14. The summed E-state index contributed by atoms with van der Waals surface area (Å²) in [5, 5.41) is 8.65. The fraction of sp³-hybridized carbons (Fsp3) is 0.500. The highest BCUT2D eigenvalue weighted by molar-refractivity contribution is 7.88. The smallest absolute Gasteiger partial charge is 0.303 e. The monoisotopic (exact) mass is 317 g/mol. The summed E-state index contributed by atoms with van der Waals surface area (Å²) in [6.07, 6.45) is 0.00631. The highest BCUT2D eigenvalue weighted by Gasteiger charge is 2.26. The van der Waals surface area contributed by atoms with E-state index in [1.807, 2.05) is 0 Å². The Bertz CT molecular complexity index is 626. The molecule has 0 aliphatic rings. The number of halogens is 1. The Morgan fingerprint density at radius 2 is 2.00 bits per heavy atom. The number of carbonyl (C=O) groups is 1. The molecule has 0 fully saturated rings. The Morgan fingerprint density at radius 3 is 2.52 bits per heavy atom. The molecule has 0 aromatic heterocycles. The molecule has 0 radical (unpaired) electrons. The first kappa shape index (κ1) is 17.6. The van der Waals surface area contributed by atoms with Crippen molar-refractivity contribution in [2.24, 2.45) is 0 Å². The minimum absolute atomic E-state index is 0.0853. The molecule has 0 saturated carbocycles. The highest BCUT2D eigenvalue weighted by atomic mass is 32.2. The molecule has 1 rings (SSSR count). The molecule has 2 N–H and O–H groups in total. The molecule has 1 aromatic carbocycles. The largest absolute Gasteiger partial charge is 0.481 e. The second-order valence-corrected chi connectivity index (χ2v) is 7.46. The lowest BCUT2D eigenvalue weighted by molar-refractivity contribution is -0.137. The molecule has 0 atom stereocenters. The second-order valence-electron chi connectivity index (χ2n) is 5.73. The maximum Gasteiger partial charge on any atom is 0.303 e. The maximum atomic E-state index is 13.7. The number of rotatable bonds is 7. The predicted octanol–water partition coefficient (Wildman–Crippen LogP) is 2.20. The van der Waals surface area contributed by atoms with E-state index < -0.39 is 33.1 Å². The van der Waals surface area contributed by atoms with E-state index in [1.54, 1.807) is 26.8 Å². The van der Waals surface area contributed by atoms with Gasteiger partial charge in [-0.2, -0.15) is 0 Å².